The van der Waals surface area contributed by atoms with Gasteiger partial charge in [0.25, 0.3) is 10.0 Å². The standard InChI is InChI=1S/C10H9BrF2N4O2S/c11-6-1-7(12)9(8(13)2-6)17-20(18,19)10-5(3-14)4-15-16-10/h1-2,4,17H,3,14H2,(H,15,16). The number of aromatic amines is 1. The second-order valence-electron chi connectivity index (χ2n) is 3.78. The quantitative estimate of drug-likeness (QED) is 0.766. The lowest BCUT2D eigenvalue weighted by atomic mass is 10.3. The first-order chi connectivity index (χ1) is 9.35. The maximum absolute atomic E-state index is 13.6. The summed E-state index contributed by atoms with van der Waals surface area (Å²) in [4.78, 5) is 0. The van der Waals surface area contributed by atoms with Gasteiger partial charge in [-0.1, -0.05) is 15.9 Å². The monoisotopic (exact) mass is 366 g/mol. The molecule has 0 fully saturated rings. The normalized spacial score (nSPS) is 11.6. The Morgan fingerprint density at radius 3 is 2.50 bits per heavy atom. The fraction of sp³-hybridized carbons (Fsp3) is 0.100. The highest BCUT2D eigenvalue weighted by Crippen LogP contribution is 2.26. The zero-order valence-electron chi connectivity index (χ0n) is 9.82. The van der Waals surface area contributed by atoms with Gasteiger partial charge >= 0.3 is 0 Å². The Balaban J connectivity index is 2.44. The Labute approximate surface area is 121 Å². The molecule has 2 aromatic rings. The van der Waals surface area contributed by atoms with E-state index >= 15 is 0 Å². The second-order valence-corrected chi connectivity index (χ2v) is 6.31. The molecule has 0 aliphatic rings. The van der Waals surface area contributed by atoms with Crippen molar-refractivity contribution < 1.29 is 17.2 Å². The summed E-state index contributed by atoms with van der Waals surface area (Å²) < 4.78 is 53.3. The molecule has 1 heterocycles. The summed E-state index contributed by atoms with van der Waals surface area (Å²) in [5, 5.41) is 5.44. The highest BCUT2D eigenvalue weighted by atomic mass is 79.9. The van der Waals surface area contributed by atoms with E-state index in [2.05, 4.69) is 26.1 Å². The Kier molecular flexibility index (Phi) is 4.06. The molecule has 1 aromatic carbocycles. The Bertz CT molecular complexity index is 724. The van der Waals surface area contributed by atoms with Crippen molar-refractivity contribution in [2.45, 2.75) is 11.6 Å². The van der Waals surface area contributed by atoms with E-state index in [1.165, 1.54) is 6.20 Å². The van der Waals surface area contributed by atoms with E-state index in [-0.39, 0.29) is 21.6 Å². The number of nitrogens with two attached hydrogens (primary N) is 1. The van der Waals surface area contributed by atoms with Gasteiger partial charge in [-0.2, -0.15) is 13.5 Å². The minimum atomic E-state index is -4.21. The third-order valence-corrected chi connectivity index (χ3v) is 4.23. The number of anilines is 1. The number of H-pyrrole nitrogens is 1. The molecular weight excluding hydrogens is 358 g/mol. The van der Waals surface area contributed by atoms with Crippen LogP contribution in [0.2, 0.25) is 0 Å². The van der Waals surface area contributed by atoms with Gasteiger partial charge in [0, 0.05) is 16.6 Å². The Morgan fingerprint density at radius 1 is 1.35 bits per heavy atom. The van der Waals surface area contributed by atoms with Gasteiger partial charge in [-0.3, -0.25) is 9.82 Å². The highest BCUT2D eigenvalue weighted by molar-refractivity contribution is 9.10. The SMILES string of the molecule is NCc1cn[nH]c1S(=O)(=O)Nc1c(F)cc(Br)cc1F. The molecule has 0 aliphatic carbocycles. The van der Waals surface area contributed by atoms with Gasteiger partial charge in [0.05, 0.1) is 6.20 Å². The average Bonchev–Trinajstić information content (AvgIpc) is 2.83. The van der Waals surface area contributed by atoms with Crippen molar-refractivity contribution in [1.82, 2.24) is 10.2 Å². The summed E-state index contributed by atoms with van der Waals surface area (Å²) in [5.74, 6) is -2.09. The summed E-state index contributed by atoms with van der Waals surface area (Å²) in [7, 11) is -4.21. The molecule has 2 rings (SSSR count). The average molecular weight is 367 g/mol. The topological polar surface area (TPSA) is 101 Å². The molecule has 0 saturated heterocycles. The fourth-order valence-electron chi connectivity index (χ4n) is 1.50. The van der Waals surface area contributed by atoms with Crippen molar-refractivity contribution in [3.05, 3.63) is 40.0 Å². The van der Waals surface area contributed by atoms with E-state index in [0.717, 1.165) is 12.1 Å². The molecule has 0 amide bonds. The number of benzene rings is 1. The van der Waals surface area contributed by atoms with Crippen LogP contribution in [-0.2, 0) is 16.6 Å². The van der Waals surface area contributed by atoms with Crippen molar-refractivity contribution in [2.24, 2.45) is 5.73 Å². The molecule has 20 heavy (non-hydrogen) atoms. The molecule has 0 saturated carbocycles. The fourth-order valence-corrected chi connectivity index (χ4v) is 3.12. The minimum Gasteiger partial charge on any atom is -0.326 e. The molecule has 1 aromatic heterocycles. The smallest absolute Gasteiger partial charge is 0.279 e. The molecular formula is C10H9BrF2N4O2S. The third-order valence-electron chi connectivity index (χ3n) is 2.41. The van der Waals surface area contributed by atoms with Crippen molar-refractivity contribution in [2.75, 3.05) is 4.72 Å². The maximum atomic E-state index is 13.6. The van der Waals surface area contributed by atoms with Crippen molar-refractivity contribution in [3.63, 3.8) is 0 Å². The summed E-state index contributed by atoms with van der Waals surface area (Å²) in [5.41, 5.74) is 4.79. The predicted molar refractivity (Wildman–Crippen MR) is 71.3 cm³/mol. The van der Waals surface area contributed by atoms with Gasteiger partial charge in [-0.25, -0.2) is 8.78 Å². The van der Waals surface area contributed by atoms with Crippen LogP contribution in [0.4, 0.5) is 14.5 Å². The molecule has 0 unspecified atom stereocenters. The maximum Gasteiger partial charge on any atom is 0.279 e. The van der Waals surface area contributed by atoms with Crippen molar-refractivity contribution >= 4 is 31.6 Å². The van der Waals surface area contributed by atoms with Gasteiger partial charge in [0.15, 0.2) is 16.7 Å². The molecule has 4 N–H and O–H groups in total. The van der Waals surface area contributed by atoms with Crippen molar-refractivity contribution in [1.29, 1.82) is 0 Å². The third kappa shape index (κ3) is 2.81. The first-order valence-corrected chi connectivity index (χ1v) is 7.52. The van der Waals surface area contributed by atoms with Crippen LogP contribution >= 0.6 is 15.9 Å². The second kappa shape index (κ2) is 5.46. The Hall–Kier alpha value is -1.52. The lowest BCUT2D eigenvalue weighted by Crippen LogP contribution is -2.18. The van der Waals surface area contributed by atoms with E-state index in [1.54, 1.807) is 0 Å². The zero-order chi connectivity index (χ0) is 14.9. The lowest BCUT2D eigenvalue weighted by Gasteiger charge is -2.10. The van der Waals surface area contributed by atoms with Gasteiger partial charge in [-0.15, -0.1) is 0 Å². The molecule has 108 valence electrons. The number of sulfonamides is 1. The van der Waals surface area contributed by atoms with Crippen LogP contribution in [0.5, 0.6) is 0 Å². The van der Waals surface area contributed by atoms with Crippen LogP contribution in [0.3, 0.4) is 0 Å². The van der Waals surface area contributed by atoms with E-state index in [4.69, 9.17) is 5.73 Å². The number of nitrogens with one attached hydrogen (secondary N) is 2. The van der Waals surface area contributed by atoms with Gasteiger partial charge in [0.2, 0.25) is 0 Å². The largest absolute Gasteiger partial charge is 0.326 e. The van der Waals surface area contributed by atoms with E-state index in [0.29, 0.717) is 0 Å². The number of nitrogens with zero attached hydrogens (tertiary/aromatic N) is 1. The van der Waals surface area contributed by atoms with Crippen LogP contribution in [0.1, 0.15) is 5.56 Å². The van der Waals surface area contributed by atoms with Crippen LogP contribution in [0.15, 0.2) is 27.8 Å². The molecule has 0 atom stereocenters. The highest BCUT2D eigenvalue weighted by Gasteiger charge is 2.23. The van der Waals surface area contributed by atoms with Crippen molar-refractivity contribution in [3.8, 4) is 0 Å². The van der Waals surface area contributed by atoms with Crippen LogP contribution in [-0.4, -0.2) is 18.6 Å². The minimum absolute atomic E-state index is 0.0853. The Morgan fingerprint density at radius 2 is 1.95 bits per heavy atom. The molecule has 0 bridgehead atoms. The van der Waals surface area contributed by atoms with Crippen LogP contribution in [0, 0.1) is 11.6 Å². The van der Waals surface area contributed by atoms with E-state index in [1.807, 2.05) is 4.72 Å². The van der Waals surface area contributed by atoms with Crippen LogP contribution < -0.4 is 10.5 Å². The predicted octanol–water partition coefficient (Wildman–Crippen LogP) is 1.71. The summed E-state index contributed by atoms with van der Waals surface area (Å²) >= 11 is 2.90. The molecule has 0 spiro atoms. The number of rotatable bonds is 4. The summed E-state index contributed by atoms with van der Waals surface area (Å²) in [6.45, 7) is -0.0853. The summed E-state index contributed by atoms with van der Waals surface area (Å²) in [6.07, 6.45) is 1.23. The molecule has 0 radical (unpaired) electrons. The van der Waals surface area contributed by atoms with Gasteiger partial charge in [0.1, 0.15) is 5.69 Å². The zero-order valence-corrected chi connectivity index (χ0v) is 12.2. The molecule has 6 nitrogen and oxygen atoms in total. The van der Waals surface area contributed by atoms with E-state index in [9.17, 15) is 17.2 Å². The molecule has 0 aliphatic heterocycles. The number of hydrogen-bond donors (Lipinski definition) is 3. The molecule has 10 heteroatoms. The van der Waals surface area contributed by atoms with Gasteiger partial charge < -0.3 is 5.73 Å². The number of hydrogen-bond acceptors (Lipinski definition) is 4. The lowest BCUT2D eigenvalue weighted by molar-refractivity contribution is 0.580. The number of halogens is 3. The first kappa shape index (κ1) is 14.9. The van der Waals surface area contributed by atoms with Crippen LogP contribution in [0.25, 0.3) is 0 Å². The summed E-state index contributed by atoms with van der Waals surface area (Å²) in [6, 6.07) is 1.88. The van der Waals surface area contributed by atoms with E-state index < -0.39 is 27.3 Å². The number of aromatic nitrogens is 2. The first-order valence-electron chi connectivity index (χ1n) is 5.25. The van der Waals surface area contributed by atoms with Gasteiger partial charge in [-0.05, 0) is 12.1 Å².